The number of aliphatic hydroxyl groups is 1. The van der Waals surface area contributed by atoms with Gasteiger partial charge in [0.1, 0.15) is 17.3 Å². The van der Waals surface area contributed by atoms with Gasteiger partial charge in [0, 0.05) is 44.9 Å². The molecule has 1 atom stereocenters. The SMILES string of the molecule is CCCCN1C(=O)[C@@H](CC2(O)CCCCC2)NC(=O)C12CCN(Cc1ccc(Oc3ccccc3)nc1)CC2.Cl. The number of hydrogen-bond donors (Lipinski definition) is 2. The highest BCUT2D eigenvalue weighted by molar-refractivity contribution is 6.00. The molecule has 40 heavy (non-hydrogen) atoms. The van der Waals surface area contributed by atoms with Crippen LogP contribution >= 0.6 is 12.4 Å². The molecule has 0 radical (unpaired) electrons. The predicted octanol–water partition coefficient (Wildman–Crippen LogP) is 4.84. The zero-order valence-corrected chi connectivity index (χ0v) is 24.3. The van der Waals surface area contributed by atoms with Gasteiger partial charge in [0.15, 0.2) is 0 Å². The lowest BCUT2D eigenvalue weighted by Gasteiger charge is -2.52. The molecule has 1 aromatic carbocycles. The summed E-state index contributed by atoms with van der Waals surface area (Å²) in [6, 6.07) is 12.9. The molecule has 2 saturated heterocycles. The molecule has 1 aliphatic carbocycles. The van der Waals surface area contributed by atoms with E-state index in [9.17, 15) is 14.7 Å². The third-order valence-corrected chi connectivity index (χ3v) is 8.77. The molecule has 9 heteroatoms. The molecule has 1 aromatic heterocycles. The third-order valence-electron chi connectivity index (χ3n) is 8.77. The van der Waals surface area contributed by atoms with Gasteiger partial charge in [-0.1, -0.05) is 56.9 Å². The molecule has 218 valence electrons. The number of halogens is 1. The number of unbranched alkanes of at least 4 members (excludes halogenated alkanes) is 1. The van der Waals surface area contributed by atoms with Gasteiger partial charge in [-0.3, -0.25) is 14.5 Å². The molecule has 0 unspecified atom stereocenters. The van der Waals surface area contributed by atoms with Crippen LogP contribution in [0.5, 0.6) is 11.6 Å². The number of para-hydroxylation sites is 1. The van der Waals surface area contributed by atoms with E-state index in [2.05, 4.69) is 22.1 Å². The number of rotatable bonds is 9. The molecule has 2 amide bonds. The van der Waals surface area contributed by atoms with Crippen LogP contribution in [-0.2, 0) is 16.1 Å². The van der Waals surface area contributed by atoms with Crippen molar-refractivity contribution in [2.24, 2.45) is 0 Å². The number of carbonyl (C=O) groups is 2. The molecular weight excluding hydrogens is 528 g/mol. The number of piperidine rings is 1. The summed E-state index contributed by atoms with van der Waals surface area (Å²) in [4.78, 5) is 36.1. The molecule has 2 N–H and O–H groups in total. The topological polar surface area (TPSA) is 95.0 Å². The Morgan fingerprint density at radius 1 is 1.02 bits per heavy atom. The number of benzene rings is 1. The lowest BCUT2D eigenvalue weighted by Crippen LogP contribution is -2.73. The fourth-order valence-electron chi connectivity index (χ4n) is 6.46. The summed E-state index contributed by atoms with van der Waals surface area (Å²) >= 11 is 0. The van der Waals surface area contributed by atoms with Gasteiger partial charge in [-0.15, -0.1) is 12.4 Å². The van der Waals surface area contributed by atoms with Gasteiger partial charge in [0.2, 0.25) is 17.7 Å². The second-order valence-electron chi connectivity index (χ2n) is 11.6. The number of carbonyl (C=O) groups excluding carboxylic acids is 2. The first kappa shape index (κ1) is 30.3. The number of ether oxygens (including phenoxy) is 1. The first-order chi connectivity index (χ1) is 18.9. The Morgan fingerprint density at radius 2 is 1.75 bits per heavy atom. The van der Waals surface area contributed by atoms with Crippen LogP contribution in [0.15, 0.2) is 48.7 Å². The highest BCUT2D eigenvalue weighted by Crippen LogP contribution is 2.37. The molecule has 1 spiro atoms. The number of pyridine rings is 1. The van der Waals surface area contributed by atoms with Crippen LogP contribution in [0.2, 0.25) is 0 Å². The van der Waals surface area contributed by atoms with Crippen LogP contribution in [0.3, 0.4) is 0 Å². The third kappa shape index (κ3) is 6.78. The summed E-state index contributed by atoms with van der Waals surface area (Å²) in [5.41, 5.74) is -0.578. The highest BCUT2D eigenvalue weighted by atomic mass is 35.5. The smallest absolute Gasteiger partial charge is 0.246 e. The van der Waals surface area contributed by atoms with E-state index < -0.39 is 17.2 Å². The Kier molecular flexibility index (Phi) is 10.1. The Labute approximate surface area is 243 Å². The maximum atomic E-state index is 13.8. The Balaban J connectivity index is 0.00000370. The van der Waals surface area contributed by atoms with Gasteiger partial charge in [-0.2, -0.15) is 0 Å². The zero-order chi connectivity index (χ0) is 27.3. The molecule has 0 bridgehead atoms. The van der Waals surface area contributed by atoms with Crippen LogP contribution in [0.4, 0.5) is 0 Å². The minimum absolute atomic E-state index is 0. The minimum Gasteiger partial charge on any atom is -0.439 e. The second-order valence-corrected chi connectivity index (χ2v) is 11.6. The van der Waals surface area contributed by atoms with Crippen LogP contribution < -0.4 is 10.1 Å². The molecule has 5 rings (SSSR count). The lowest BCUT2D eigenvalue weighted by molar-refractivity contribution is -0.163. The second kappa shape index (κ2) is 13.3. The fourth-order valence-corrected chi connectivity index (χ4v) is 6.46. The van der Waals surface area contributed by atoms with Crippen molar-refractivity contribution in [1.82, 2.24) is 20.1 Å². The van der Waals surface area contributed by atoms with Crippen molar-refractivity contribution < 1.29 is 19.4 Å². The predicted molar refractivity (Wildman–Crippen MR) is 156 cm³/mol. The number of likely N-dealkylation sites (tertiary alicyclic amines) is 1. The van der Waals surface area contributed by atoms with E-state index in [4.69, 9.17) is 4.74 Å². The average molecular weight is 571 g/mol. The Morgan fingerprint density at radius 3 is 2.40 bits per heavy atom. The molecular formula is C31H43ClN4O4. The maximum absolute atomic E-state index is 13.8. The monoisotopic (exact) mass is 570 g/mol. The van der Waals surface area contributed by atoms with E-state index in [-0.39, 0.29) is 24.2 Å². The van der Waals surface area contributed by atoms with Gasteiger partial charge in [0.25, 0.3) is 0 Å². The molecule has 3 fully saturated rings. The van der Waals surface area contributed by atoms with E-state index in [1.807, 2.05) is 53.6 Å². The largest absolute Gasteiger partial charge is 0.439 e. The normalized spacial score (nSPS) is 22.4. The standard InChI is InChI=1S/C31H42N4O4.ClH/c1-2-3-18-35-28(36)26(21-30(38)14-8-5-9-15-30)33-29(37)31(35)16-19-34(20-17-31)23-24-12-13-27(32-22-24)39-25-10-6-4-7-11-25;/h4,6-7,10-13,22,26,38H,2-3,5,8-9,14-21,23H2,1H3,(H,33,37);1H/t26-;/m1./s1. The number of hydrogen-bond acceptors (Lipinski definition) is 6. The van der Waals surface area contributed by atoms with Gasteiger partial charge in [0.05, 0.1) is 5.60 Å². The number of amides is 2. The van der Waals surface area contributed by atoms with E-state index >= 15 is 0 Å². The molecule has 1 saturated carbocycles. The summed E-state index contributed by atoms with van der Waals surface area (Å²) in [5, 5.41) is 14.2. The van der Waals surface area contributed by atoms with Crippen LogP contribution in [-0.4, -0.2) is 68.5 Å². The van der Waals surface area contributed by atoms with Crippen LogP contribution in [0.1, 0.15) is 76.7 Å². The van der Waals surface area contributed by atoms with Crippen molar-refractivity contribution in [3.63, 3.8) is 0 Å². The van der Waals surface area contributed by atoms with Crippen LogP contribution in [0.25, 0.3) is 0 Å². The minimum atomic E-state index is -0.855. The molecule has 2 aromatic rings. The van der Waals surface area contributed by atoms with Crippen molar-refractivity contribution in [2.45, 2.75) is 94.9 Å². The fraction of sp³-hybridized carbons (Fsp3) is 0.581. The number of piperazine rings is 1. The zero-order valence-electron chi connectivity index (χ0n) is 23.5. The van der Waals surface area contributed by atoms with Crippen molar-refractivity contribution >= 4 is 24.2 Å². The van der Waals surface area contributed by atoms with E-state index in [1.165, 1.54) is 0 Å². The van der Waals surface area contributed by atoms with Crippen molar-refractivity contribution in [3.05, 3.63) is 54.2 Å². The summed E-state index contributed by atoms with van der Waals surface area (Å²) in [6.07, 6.45) is 9.67. The van der Waals surface area contributed by atoms with Gasteiger partial charge in [-0.05, 0) is 49.8 Å². The van der Waals surface area contributed by atoms with Gasteiger partial charge < -0.3 is 20.1 Å². The molecule has 8 nitrogen and oxygen atoms in total. The molecule has 3 heterocycles. The van der Waals surface area contributed by atoms with Gasteiger partial charge in [-0.25, -0.2) is 4.98 Å². The summed E-state index contributed by atoms with van der Waals surface area (Å²) in [5.74, 6) is 1.24. The Bertz CT molecular complexity index is 1120. The highest BCUT2D eigenvalue weighted by Gasteiger charge is 2.54. The average Bonchev–Trinajstić information content (AvgIpc) is 2.95. The number of nitrogens with zero attached hydrogens (tertiary/aromatic N) is 3. The van der Waals surface area contributed by atoms with E-state index in [0.717, 1.165) is 63.1 Å². The van der Waals surface area contributed by atoms with Crippen molar-refractivity contribution in [3.8, 4) is 11.6 Å². The molecule has 2 aliphatic heterocycles. The van der Waals surface area contributed by atoms with Crippen molar-refractivity contribution in [1.29, 1.82) is 0 Å². The molecule has 3 aliphatic rings. The number of nitrogens with one attached hydrogen (secondary N) is 1. The van der Waals surface area contributed by atoms with Crippen LogP contribution in [0, 0.1) is 0 Å². The summed E-state index contributed by atoms with van der Waals surface area (Å²) < 4.78 is 5.80. The van der Waals surface area contributed by atoms with E-state index in [0.29, 0.717) is 44.5 Å². The summed E-state index contributed by atoms with van der Waals surface area (Å²) in [7, 11) is 0. The van der Waals surface area contributed by atoms with E-state index in [1.54, 1.807) is 0 Å². The Hall–Kier alpha value is -2.68. The lowest BCUT2D eigenvalue weighted by atomic mass is 9.77. The first-order valence-corrected chi connectivity index (χ1v) is 14.7. The first-order valence-electron chi connectivity index (χ1n) is 14.7. The van der Waals surface area contributed by atoms with Crippen molar-refractivity contribution in [2.75, 3.05) is 19.6 Å². The quantitative estimate of drug-likeness (QED) is 0.448. The summed E-state index contributed by atoms with van der Waals surface area (Å²) in [6.45, 7) is 4.87. The number of aromatic nitrogens is 1. The van der Waals surface area contributed by atoms with Gasteiger partial charge >= 0.3 is 0 Å². The maximum Gasteiger partial charge on any atom is 0.246 e.